The number of guanidine groups is 1. The second-order valence-electron chi connectivity index (χ2n) is 7.33. The molecule has 0 aliphatic heterocycles. The van der Waals surface area contributed by atoms with Crippen molar-refractivity contribution in [1.82, 2.24) is 20.1 Å². The summed E-state index contributed by atoms with van der Waals surface area (Å²) in [6.45, 7) is 3.61. The van der Waals surface area contributed by atoms with Crippen LogP contribution in [-0.4, -0.2) is 43.1 Å². The quantitative estimate of drug-likeness (QED) is 0.210. The molecule has 3 rings (SSSR count). The van der Waals surface area contributed by atoms with Gasteiger partial charge in [0.15, 0.2) is 5.96 Å². The maximum absolute atomic E-state index is 4.33. The number of aliphatic imine (C=N–C) groups is 1. The van der Waals surface area contributed by atoms with Crippen LogP contribution in [0.15, 0.2) is 65.8 Å². The van der Waals surface area contributed by atoms with Crippen molar-refractivity contribution in [2.24, 2.45) is 4.99 Å². The Kier molecular flexibility index (Phi) is 9.47. The highest BCUT2D eigenvalue weighted by Gasteiger charge is 2.02. The Morgan fingerprint density at radius 2 is 1.69 bits per heavy atom. The highest BCUT2D eigenvalue weighted by Crippen LogP contribution is 2.15. The Bertz CT molecular complexity index is 899. The second kappa shape index (κ2) is 11.8. The topological polar surface area (TPSA) is 44.6 Å². The highest BCUT2D eigenvalue weighted by atomic mass is 127. The molecule has 156 valence electrons. The first-order valence-corrected chi connectivity index (χ1v) is 9.86. The van der Waals surface area contributed by atoms with E-state index in [2.05, 4.69) is 100.0 Å². The molecule has 29 heavy (non-hydrogen) atoms. The molecule has 0 saturated carbocycles. The average Bonchev–Trinajstić information content (AvgIpc) is 3.11. The Labute approximate surface area is 191 Å². The number of aromatic nitrogens is 1. The molecule has 0 atom stereocenters. The van der Waals surface area contributed by atoms with Gasteiger partial charge in [0.1, 0.15) is 0 Å². The van der Waals surface area contributed by atoms with Gasteiger partial charge in [-0.15, -0.1) is 24.0 Å². The van der Waals surface area contributed by atoms with E-state index in [1.165, 1.54) is 22.0 Å². The number of rotatable bonds is 8. The summed E-state index contributed by atoms with van der Waals surface area (Å²) in [6.07, 6.45) is 3.20. The molecular formula is C23H32IN5. The molecule has 2 N–H and O–H groups in total. The number of hydrogen-bond donors (Lipinski definition) is 2. The van der Waals surface area contributed by atoms with Gasteiger partial charge in [0.05, 0.1) is 0 Å². The van der Waals surface area contributed by atoms with Crippen molar-refractivity contribution < 1.29 is 0 Å². The summed E-state index contributed by atoms with van der Waals surface area (Å²) in [5.74, 6) is 0.842. The number of nitrogens with one attached hydrogen (secondary N) is 2. The van der Waals surface area contributed by atoms with E-state index in [-0.39, 0.29) is 24.0 Å². The lowest BCUT2D eigenvalue weighted by Crippen LogP contribution is -2.37. The summed E-state index contributed by atoms with van der Waals surface area (Å²) in [5.41, 5.74) is 3.88. The Morgan fingerprint density at radius 1 is 0.966 bits per heavy atom. The molecule has 6 heteroatoms. The predicted molar refractivity (Wildman–Crippen MR) is 134 cm³/mol. The van der Waals surface area contributed by atoms with Crippen LogP contribution >= 0.6 is 24.0 Å². The van der Waals surface area contributed by atoms with Crippen LogP contribution in [0.5, 0.6) is 0 Å². The fourth-order valence-corrected chi connectivity index (χ4v) is 3.33. The number of para-hydroxylation sites is 1. The Morgan fingerprint density at radius 3 is 2.41 bits per heavy atom. The lowest BCUT2D eigenvalue weighted by molar-refractivity contribution is 0.402. The minimum absolute atomic E-state index is 0. The summed E-state index contributed by atoms with van der Waals surface area (Å²) < 4.78 is 2.31. The molecule has 0 bridgehead atoms. The van der Waals surface area contributed by atoms with Gasteiger partial charge in [-0.1, -0.05) is 42.5 Å². The van der Waals surface area contributed by atoms with Crippen LogP contribution < -0.4 is 10.6 Å². The standard InChI is InChI=1S/C23H31N5.HI/c1-24-23(26-17-19-9-11-20(12-10-19)18-27(2)3)25-14-6-15-28-16-13-21-7-4-5-8-22(21)28;/h4-5,7-13,16H,6,14-15,17-18H2,1-3H3,(H2,24,25,26);1H. The zero-order valence-corrected chi connectivity index (χ0v) is 19.9. The number of hydrogen-bond acceptors (Lipinski definition) is 2. The van der Waals surface area contributed by atoms with Gasteiger partial charge in [-0.3, -0.25) is 4.99 Å². The fourth-order valence-electron chi connectivity index (χ4n) is 3.33. The summed E-state index contributed by atoms with van der Waals surface area (Å²) in [6, 6.07) is 19.4. The lowest BCUT2D eigenvalue weighted by atomic mass is 10.1. The van der Waals surface area contributed by atoms with Gasteiger partial charge in [0.2, 0.25) is 0 Å². The van der Waals surface area contributed by atoms with E-state index in [4.69, 9.17) is 0 Å². The summed E-state index contributed by atoms with van der Waals surface area (Å²) in [5, 5.41) is 8.09. The van der Waals surface area contributed by atoms with Crippen LogP contribution in [0.3, 0.4) is 0 Å². The molecule has 1 heterocycles. The van der Waals surface area contributed by atoms with Crippen LogP contribution in [0.4, 0.5) is 0 Å². The first kappa shape index (κ1) is 23.2. The maximum Gasteiger partial charge on any atom is 0.191 e. The summed E-state index contributed by atoms with van der Waals surface area (Å²) in [7, 11) is 5.99. The highest BCUT2D eigenvalue weighted by molar-refractivity contribution is 14.0. The van der Waals surface area contributed by atoms with E-state index in [1.54, 1.807) is 0 Å². The first-order chi connectivity index (χ1) is 13.7. The normalized spacial score (nSPS) is 11.5. The molecule has 0 radical (unpaired) electrons. The number of fused-ring (bicyclic) bond motifs is 1. The summed E-state index contributed by atoms with van der Waals surface area (Å²) >= 11 is 0. The number of halogens is 1. The zero-order chi connectivity index (χ0) is 19.8. The molecule has 0 saturated heterocycles. The van der Waals surface area contributed by atoms with E-state index in [0.717, 1.165) is 38.6 Å². The third kappa shape index (κ3) is 7.04. The van der Waals surface area contributed by atoms with E-state index in [9.17, 15) is 0 Å². The monoisotopic (exact) mass is 505 g/mol. The number of nitrogens with zero attached hydrogens (tertiary/aromatic N) is 3. The minimum atomic E-state index is 0. The number of benzene rings is 2. The molecule has 1 aromatic heterocycles. The van der Waals surface area contributed by atoms with Crippen LogP contribution in [0.25, 0.3) is 10.9 Å². The van der Waals surface area contributed by atoms with E-state index in [1.807, 2.05) is 7.05 Å². The van der Waals surface area contributed by atoms with Gasteiger partial charge in [0, 0.05) is 44.9 Å². The van der Waals surface area contributed by atoms with Crippen molar-refractivity contribution in [1.29, 1.82) is 0 Å². The van der Waals surface area contributed by atoms with Crippen LogP contribution in [0.2, 0.25) is 0 Å². The maximum atomic E-state index is 4.33. The molecule has 0 spiro atoms. The third-order valence-corrected chi connectivity index (χ3v) is 4.75. The van der Waals surface area contributed by atoms with Gasteiger partial charge < -0.3 is 20.1 Å². The van der Waals surface area contributed by atoms with E-state index < -0.39 is 0 Å². The molecule has 0 aliphatic carbocycles. The average molecular weight is 505 g/mol. The second-order valence-corrected chi connectivity index (χ2v) is 7.33. The van der Waals surface area contributed by atoms with E-state index >= 15 is 0 Å². The molecule has 0 fully saturated rings. The third-order valence-electron chi connectivity index (χ3n) is 4.75. The van der Waals surface area contributed by atoms with E-state index in [0.29, 0.717) is 0 Å². The largest absolute Gasteiger partial charge is 0.356 e. The van der Waals surface area contributed by atoms with Crippen molar-refractivity contribution in [3.05, 3.63) is 71.9 Å². The SMILES string of the molecule is CN=C(NCCCn1ccc2ccccc21)NCc1ccc(CN(C)C)cc1.I. The van der Waals surface area contributed by atoms with Crippen molar-refractivity contribution in [3.8, 4) is 0 Å². The summed E-state index contributed by atoms with van der Waals surface area (Å²) in [4.78, 5) is 6.50. The molecule has 0 unspecified atom stereocenters. The molecule has 5 nitrogen and oxygen atoms in total. The number of aryl methyl sites for hydroxylation is 1. The van der Waals surface area contributed by atoms with Crippen LogP contribution in [0, 0.1) is 0 Å². The van der Waals surface area contributed by atoms with Crippen molar-refractivity contribution in [3.63, 3.8) is 0 Å². The van der Waals surface area contributed by atoms with Crippen molar-refractivity contribution in [2.75, 3.05) is 27.7 Å². The Hall–Kier alpha value is -2.06. The molecule has 2 aromatic carbocycles. The lowest BCUT2D eigenvalue weighted by Gasteiger charge is -2.13. The van der Waals surface area contributed by atoms with Crippen LogP contribution in [0.1, 0.15) is 17.5 Å². The Balaban J connectivity index is 0.00000300. The zero-order valence-electron chi connectivity index (χ0n) is 17.6. The van der Waals surface area contributed by atoms with Gasteiger partial charge in [0.25, 0.3) is 0 Å². The first-order valence-electron chi connectivity index (χ1n) is 9.86. The molecule has 0 amide bonds. The van der Waals surface area contributed by atoms with Crippen LogP contribution in [-0.2, 0) is 19.6 Å². The van der Waals surface area contributed by atoms with Gasteiger partial charge in [-0.25, -0.2) is 0 Å². The minimum Gasteiger partial charge on any atom is -0.356 e. The predicted octanol–water partition coefficient (Wildman–Crippen LogP) is 4.08. The smallest absolute Gasteiger partial charge is 0.191 e. The van der Waals surface area contributed by atoms with Gasteiger partial charge >= 0.3 is 0 Å². The molecular weight excluding hydrogens is 473 g/mol. The van der Waals surface area contributed by atoms with Gasteiger partial charge in [-0.05, 0) is 49.2 Å². The fraction of sp³-hybridized carbons (Fsp3) is 0.348. The molecule has 3 aromatic rings. The van der Waals surface area contributed by atoms with Gasteiger partial charge in [-0.2, -0.15) is 0 Å². The van der Waals surface area contributed by atoms with Crippen molar-refractivity contribution >= 4 is 40.8 Å². The molecule has 0 aliphatic rings. The van der Waals surface area contributed by atoms with Crippen molar-refractivity contribution in [2.45, 2.75) is 26.1 Å².